The van der Waals surface area contributed by atoms with Gasteiger partial charge in [-0.2, -0.15) is 0 Å². The van der Waals surface area contributed by atoms with Gasteiger partial charge in [-0.05, 0) is 17.7 Å². The highest BCUT2D eigenvalue weighted by Crippen LogP contribution is 2.23. The van der Waals surface area contributed by atoms with E-state index in [1.807, 2.05) is 6.07 Å². The SMILES string of the molecule is O=c1ccc2c(CN3CCNCC3)cc(N3CCNCC3)nc2[nH]1. The lowest BCUT2D eigenvalue weighted by atomic mass is 10.1. The Morgan fingerprint density at radius 3 is 2.46 bits per heavy atom. The van der Waals surface area contributed by atoms with Gasteiger partial charge in [0.25, 0.3) is 0 Å². The maximum absolute atomic E-state index is 11.7. The minimum Gasteiger partial charge on any atom is -0.354 e. The van der Waals surface area contributed by atoms with Crippen LogP contribution < -0.4 is 21.1 Å². The first-order chi connectivity index (χ1) is 11.8. The number of anilines is 1. The summed E-state index contributed by atoms with van der Waals surface area (Å²) < 4.78 is 0. The molecule has 0 aromatic carbocycles. The number of pyridine rings is 2. The molecule has 2 saturated heterocycles. The number of rotatable bonds is 3. The number of aromatic nitrogens is 2. The average molecular weight is 328 g/mol. The Kier molecular flexibility index (Phi) is 4.46. The lowest BCUT2D eigenvalue weighted by Gasteiger charge is -2.30. The van der Waals surface area contributed by atoms with Crippen molar-refractivity contribution in [3.8, 4) is 0 Å². The summed E-state index contributed by atoms with van der Waals surface area (Å²) in [4.78, 5) is 24.1. The molecule has 3 N–H and O–H groups in total. The summed E-state index contributed by atoms with van der Waals surface area (Å²) in [6.45, 7) is 8.90. The number of nitrogens with zero attached hydrogens (tertiary/aromatic N) is 3. The van der Waals surface area contributed by atoms with E-state index in [1.54, 1.807) is 6.07 Å². The van der Waals surface area contributed by atoms with Gasteiger partial charge in [-0.1, -0.05) is 0 Å². The molecule has 2 aliphatic rings. The van der Waals surface area contributed by atoms with Crippen molar-refractivity contribution in [1.82, 2.24) is 25.5 Å². The molecule has 2 aromatic rings. The molecule has 0 atom stereocenters. The molecular weight excluding hydrogens is 304 g/mol. The Balaban J connectivity index is 1.72. The maximum Gasteiger partial charge on any atom is 0.249 e. The minimum absolute atomic E-state index is 0.0967. The van der Waals surface area contributed by atoms with Crippen LogP contribution in [0.4, 0.5) is 5.82 Å². The fourth-order valence-electron chi connectivity index (χ4n) is 3.49. The molecule has 128 valence electrons. The molecule has 7 nitrogen and oxygen atoms in total. The zero-order valence-electron chi connectivity index (χ0n) is 13.8. The van der Waals surface area contributed by atoms with E-state index in [0.717, 1.165) is 70.1 Å². The summed E-state index contributed by atoms with van der Waals surface area (Å²) in [5.74, 6) is 0.969. The number of H-pyrrole nitrogens is 1. The first-order valence-corrected chi connectivity index (χ1v) is 8.71. The van der Waals surface area contributed by atoms with Crippen LogP contribution in [0.2, 0.25) is 0 Å². The van der Waals surface area contributed by atoms with Crippen LogP contribution in [0, 0.1) is 0 Å². The van der Waals surface area contributed by atoms with Gasteiger partial charge in [0.15, 0.2) is 0 Å². The van der Waals surface area contributed by atoms with Gasteiger partial charge < -0.3 is 20.5 Å². The molecule has 0 saturated carbocycles. The maximum atomic E-state index is 11.7. The lowest BCUT2D eigenvalue weighted by Crippen LogP contribution is -2.44. The third-order valence-electron chi connectivity index (χ3n) is 4.82. The van der Waals surface area contributed by atoms with Crippen molar-refractivity contribution in [3.05, 3.63) is 34.1 Å². The molecule has 0 amide bonds. The quantitative estimate of drug-likeness (QED) is 0.721. The Labute approximate surface area is 141 Å². The Hall–Kier alpha value is -1.96. The van der Waals surface area contributed by atoms with E-state index in [1.165, 1.54) is 5.56 Å². The van der Waals surface area contributed by atoms with Crippen LogP contribution in [0.15, 0.2) is 23.0 Å². The topological polar surface area (TPSA) is 76.3 Å². The summed E-state index contributed by atoms with van der Waals surface area (Å²) >= 11 is 0. The van der Waals surface area contributed by atoms with Crippen LogP contribution >= 0.6 is 0 Å². The summed E-state index contributed by atoms with van der Waals surface area (Å²) in [6.07, 6.45) is 0. The molecule has 24 heavy (non-hydrogen) atoms. The van der Waals surface area contributed by atoms with Crippen molar-refractivity contribution in [2.45, 2.75) is 6.54 Å². The molecule has 7 heteroatoms. The third-order valence-corrected chi connectivity index (χ3v) is 4.82. The van der Waals surface area contributed by atoms with Crippen LogP contribution in [-0.4, -0.2) is 67.2 Å². The average Bonchev–Trinajstić information content (AvgIpc) is 2.63. The second-order valence-corrected chi connectivity index (χ2v) is 6.49. The number of hydrogen-bond acceptors (Lipinski definition) is 6. The predicted octanol–water partition coefficient (Wildman–Crippen LogP) is -0.262. The van der Waals surface area contributed by atoms with Crippen LogP contribution in [0.5, 0.6) is 0 Å². The Bertz CT molecular complexity index is 761. The molecular formula is C17H24N6O. The normalized spacial score (nSPS) is 19.8. The van der Waals surface area contributed by atoms with Crippen molar-refractivity contribution in [1.29, 1.82) is 0 Å². The summed E-state index contributed by atoms with van der Waals surface area (Å²) in [6, 6.07) is 5.70. The summed E-state index contributed by atoms with van der Waals surface area (Å²) in [5.41, 5.74) is 1.84. The highest BCUT2D eigenvalue weighted by atomic mass is 16.1. The van der Waals surface area contributed by atoms with Crippen molar-refractivity contribution in [2.24, 2.45) is 0 Å². The lowest BCUT2D eigenvalue weighted by molar-refractivity contribution is 0.234. The van der Waals surface area contributed by atoms with Crippen molar-refractivity contribution >= 4 is 16.9 Å². The van der Waals surface area contributed by atoms with E-state index in [9.17, 15) is 4.79 Å². The van der Waals surface area contributed by atoms with Crippen molar-refractivity contribution in [2.75, 3.05) is 57.3 Å². The Morgan fingerprint density at radius 1 is 1.00 bits per heavy atom. The number of nitrogens with one attached hydrogen (secondary N) is 3. The molecule has 0 aliphatic carbocycles. The number of aromatic amines is 1. The van der Waals surface area contributed by atoms with E-state index in [-0.39, 0.29) is 5.56 Å². The molecule has 4 heterocycles. The third kappa shape index (κ3) is 3.28. The van der Waals surface area contributed by atoms with E-state index >= 15 is 0 Å². The summed E-state index contributed by atoms with van der Waals surface area (Å²) in [7, 11) is 0. The van der Waals surface area contributed by atoms with Gasteiger partial charge in [-0.15, -0.1) is 0 Å². The summed E-state index contributed by atoms with van der Waals surface area (Å²) in [5, 5.41) is 7.81. The van der Waals surface area contributed by atoms with Gasteiger partial charge in [0, 0.05) is 70.4 Å². The molecule has 0 spiro atoms. The van der Waals surface area contributed by atoms with Gasteiger partial charge in [0.2, 0.25) is 5.56 Å². The molecule has 2 aliphatic heterocycles. The zero-order valence-corrected chi connectivity index (χ0v) is 13.8. The van der Waals surface area contributed by atoms with Gasteiger partial charge in [-0.25, -0.2) is 4.98 Å². The monoisotopic (exact) mass is 328 g/mol. The molecule has 2 aromatic heterocycles. The second kappa shape index (κ2) is 6.88. The number of fused-ring (bicyclic) bond motifs is 1. The standard InChI is InChI=1S/C17H24N6O/c24-16-2-1-14-13(12-22-7-3-18-4-8-22)11-15(20-17(14)21-16)23-9-5-19-6-10-23/h1-2,11,18-19H,3-10,12H2,(H,20,21,24). The van der Waals surface area contributed by atoms with E-state index in [0.29, 0.717) is 5.65 Å². The highest BCUT2D eigenvalue weighted by Gasteiger charge is 2.17. The largest absolute Gasteiger partial charge is 0.354 e. The van der Waals surface area contributed by atoms with Crippen LogP contribution in [0.1, 0.15) is 5.56 Å². The molecule has 0 bridgehead atoms. The van der Waals surface area contributed by atoms with E-state index in [4.69, 9.17) is 4.98 Å². The first kappa shape index (κ1) is 15.6. The van der Waals surface area contributed by atoms with Crippen molar-refractivity contribution < 1.29 is 0 Å². The van der Waals surface area contributed by atoms with E-state index in [2.05, 4.69) is 31.5 Å². The number of piperazine rings is 2. The van der Waals surface area contributed by atoms with E-state index < -0.39 is 0 Å². The van der Waals surface area contributed by atoms with Crippen LogP contribution in [-0.2, 0) is 6.54 Å². The van der Waals surface area contributed by atoms with Crippen molar-refractivity contribution in [3.63, 3.8) is 0 Å². The van der Waals surface area contributed by atoms with Gasteiger partial charge in [0.05, 0.1) is 0 Å². The molecule has 2 fully saturated rings. The first-order valence-electron chi connectivity index (χ1n) is 8.71. The fraction of sp³-hybridized carbons (Fsp3) is 0.529. The molecule has 0 unspecified atom stereocenters. The fourth-order valence-corrected chi connectivity index (χ4v) is 3.49. The second-order valence-electron chi connectivity index (χ2n) is 6.49. The Morgan fingerprint density at radius 2 is 1.71 bits per heavy atom. The van der Waals surface area contributed by atoms with Gasteiger partial charge in [-0.3, -0.25) is 9.69 Å². The zero-order chi connectivity index (χ0) is 16.4. The number of hydrogen-bond donors (Lipinski definition) is 3. The van der Waals surface area contributed by atoms with Crippen LogP contribution in [0.25, 0.3) is 11.0 Å². The predicted molar refractivity (Wildman–Crippen MR) is 95.6 cm³/mol. The van der Waals surface area contributed by atoms with Gasteiger partial charge in [0.1, 0.15) is 11.5 Å². The van der Waals surface area contributed by atoms with Gasteiger partial charge >= 0.3 is 0 Å². The van der Waals surface area contributed by atoms with Crippen LogP contribution in [0.3, 0.4) is 0 Å². The molecule has 0 radical (unpaired) electrons. The smallest absolute Gasteiger partial charge is 0.249 e. The molecule has 4 rings (SSSR count). The minimum atomic E-state index is -0.0967. The highest BCUT2D eigenvalue weighted by molar-refractivity contribution is 5.80.